The Morgan fingerprint density at radius 2 is 1.94 bits per heavy atom. The summed E-state index contributed by atoms with van der Waals surface area (Å²) in [6, 6.07) is 8.98. The van der Waals surface area contributed by atoms with Crippen molar-refractivity contribution in [3.8, 4) is 22.8 Å². The largest absolute Gasteiger partial charge is 0.497 e. The molecule has 1 aromatic heterocycles. The Morgan fingerprint density at radius 3 is 2.61 bits per heavy atom. The van der Waals surface area contributed by atoms with Gasteiger partial charge in [0.15, 0.2) is 6.29 Å². The van der Waals surface area contributed by atoms with Crippen LogP contribution in [0.5, 0.6) is 11.6 Å². The summed E-state index contributed by atoms with van der Waals surface area (Å²) in [5.74, 6) is 1.17. The smallest absolute Gasteiger partial charge is 0.213 e. The predicted molar refractivity (Wildman–Crippen MR) is 68.2 cm³/mol. The summed E-state index contributed by atoms with van der Waals surface area (Å²) in [6.45, 7) is 0. The van der Waals surface area contributed by atoms with Gasteiger partial charge in [0, 0.05) is 17.8 Å². The summed E-state index contributed by atoms with van der Waals surface area (Å²) in [5, 5.41) is 0. The van der Waals surface area contributed by atoms with Crippen LogP contribution in [0.4, 0.5) is 0 Å². The Balaban J connectivity index is 2.52. The second kappa shape index (κ2) is 5.31. The number of carbonyl (C=O) groups excluding carboxylic acids is 1. The number of methoxy groups -OCH3 is 2. The maximum absolute atomic E-state index is 11.1. The number of rotatable bonds is 4. The van der Waals surface area contributed by atoms with Crippen molar-refractivity contribution < 1.29 is 14.3 Å². The number of benzene rings is 1. The average molecular weight is 243 g/mol. The Bertz CT molecular complexity index is 567. The van der Waals surface area contributed by atoms with E-state index in [-0.39, 0.29) is 0 Å². The van der Waals surface area contributed by atoms with Gasteiger partial charge in [0.2, 0.25) is 5.88 Å². The summed E-state index contributed by atoms with van der Waals surface area (Å²) >= 11 is 0. The maximum atomic E-state index is 11.1. The van der Waals surface area contributed by atoms with E-state index in [2.05, 4.69) is 4.98 Å². The summed E-state index contributed by atoms with van der Waals surface area (Å²) in [4.78, 5) is 15.2. The minimum absolute atomic E-state index is 0.514. The second-order valence-corrected chi connectivity index (χ2v) is 3.66. The highest BCUT2D eigenvalue weighted by atomic mass is 16.5. The van der Waals surface area contributed by atoms with Crippen LogP contribution in [0, 0.1) is 0 Å². The van der Waals surface area contributed by atoms with Gasteiger partial charge in [-0.25, -0.2) is 4.98 Å². The molecule has 0 N–H and O–H groups in total. The number of aldehydes is 1. The van der Waals surface area contributed by atoms with Gasteiger partial charge in [0.1, 0.15) is 5.75 Å². The van der Waals surface area contributed by atoms with Crippen LogP contribution in [-0.2, 0) is 0 Å². The van der Waals surface area contributed by atoms with Gasteiger partial charge in [-0.05, 0) is 35.4 Å². The molecule has 0 atom stereocenters. The van der Waals surface area contributed by atoms with Crippen molar-refractivity contribution in [1.82, 2.24) is 4.98 Å². The molecule has 4 heteroatoms. The van der Waals surface area contributed by atoms with Crippen LogP contribution in [0.2, 0.25) is 0 Å². The lowest BCUT2D eigenvalue weighted by Crippen LogP contribution is -1.92. The SMILES string of the molecule is COc1ccc(-c2ccnc(OC)c2)c(C=O)c1. The molecule has 0 fully saturated rings. The highest BCUT2D eigenvalue weighted by Crippen LogP contribution is 2.27. The first-order chi connectivity index (χ1) is 8.78. The lowest BCUT2D eigenvalue weighted by Gasteiger charge is -2.08. The van der Waals surface area contributed by atoms with Crippen molar-refractivity contribution in [2.75, 3.05) is 14.2 Å². The Morgan fingerprint density at radius 1 is 1.11 bits per heavy atom. The van der Waals surface area contributed by atoms with Crippen molar-refractivity contribution in [3.05, 3.63) is 42.1 Å². The molecule has 0 aliphatic carbocycles. The third-order valence-electron chi connectivity index (χ3n) is 2.64. The summed E-state index contributed by atoms with van der Waals surface area (Å²) in [6.07, 6.45) is 2.46. The summed E-state index contributed by atoms with van der Waals surface area (Å²) in [7, 11) is 3.12. The quantitative estimate of drug-likeness (QED) is 0.774. The van der Waals surface area contributed by atoms with Gasteiger partial charge in [-0.2, -0.15) is 0 Å². The van der Waals surface area contributed by atoms with E-state index in [9.17, 15) is 4.79 Å². The number of ether oxygens (including phenoxy) is 2. The molecule has 0 amide bonds. The molecule has 0 saturated carbocycles. The van der Waals surface area contributed by atoms with Gasteiger partial charge in [0.25, 0.3) is 0 Å². The first-order valence-corrected chi connectivity index (χ1v) is 5.42. The molecule has 92 valence electrons. The Labute approximate surface area is 105 Å². The molecule has 1 heterocycles. The first-order valence-electron chi connectivity index (χ1n) is 5.42. The minimum Gasteiger partial charge on any atom is -0.497 e. The third-order valence-corrected chi connectivity index (χ3v) is 2.64. The molecule has 0 bridgehead atoms. The van der Waals surface area contributed by atoms with Crippen LogP contribution in [0.1, 0.15) is 10.4 Å². The van der Waals surface area contributed by atoms with Crippen molar-refractivity contribution in [2.45, 2.75) is 0 Å². The van der Waals surface area contributed by atoms with Crippen LogP contribution in [0.25, 0.3) is 11.1 Å². The molecule has 0 unspecified atom stereocenters. The number of aromatic nitrogens is 1. The minimum atomic E-state index is 0.514. The molecule has 0 aliphatic rings. The molecule has 0 aliphatic heterocycles. The number of hydrogen-bond donors (Lipinski definition) is 0. The fourth-order valence-corrected chi connectivity index (χ4v) is 1.72. The van der Waals surface area contributed by atoms with Gasteiger partial charge in [-0.1, -0.05) is 0 Å². The van der Waals surface area contributed by atoms with Gasteiger partial charge in [-0.3, -0.25) is 4.79 Å². The predicted octanol–water partition coefficient (Wildman–Crippen LogP) is 2.58. The molecule has 0 spiro atoms. The van der Waals surface area contributed by atoms with E-state index in [1.54, 1.807) is 32.5 Å². The Hall–Kier alpha value is -2.36. The van der Waals surface area contributed by atoms with Crippen molar-refractivity contribution in [3.63, 3.8) is 0 Å². The highest BCUT2D eigenvalue weighted by molar-refractivity contribution is 5.88. The zero-order valence-electron chi connectivity index (χ0n) is 10.2. The van der Waals surface area contributed by atoms with E-state index < -0.39 is 0 Å². The lowest BCUT2D eigenvalue weighted by atomic mass is 10.0. The van der Waals surface area contributed by atoms with Crippen LogP contribution in [0.3, 0.4) is 0 Å². The number of pyridine rings is 1. The molecule has 2 rings (SSSR count). The summed E-state index contributed by atoms with van der Waals surface area (Å²) in [5.41, 5.74) is 2.28. The molecule has 4 nitrogen and oxygen atoms in total. The monoisotopic (exact) mass is 243 g/mol. The van der Waals surface area contributed by atoms with Gasteiger partial charge in [0.05, 0.1) is 14.2 Å². The van der Waals surface area contributed by atoms with Crippen molar-refractivity contribution in [1.29, 1.82) is 0 Å². The molecule has 0 saturated heterocycles. The van der Waals surface area contributed by atoms with E-state index in [0.717, 1.165) is 17.4 Å². The molecular weight excluding hydrogens is 230 g/mol. The fourth-order valence-electron chi connectivity index (χ4n) is 1.72. The van der Waals surface area contributed by atoms with Crippen LogP contribution in [0.15, 0.2) is 36.5 Å². The Kier molecular flexibility index (Phi) is 3.57. The van der Waals surface area contributed by atoms with Crippen LogP contribution < -0.4 is 9.47 Å². The molecular formula is C14H13NO3. The van der Waals surface area contributed by atoms with E-state index in [1.807, 2.05) is 18.2 Å². The highest BCUT2D eigenvalue weighted by Gasteiger charge is 2.07. The van der Waals surface area contributed by atoms with Crippen molar-refractivity contribution >= 4 is 6.29 Å². The van der Waals surface area contributed by atoms with Gasteiger partial charge >= 0.3 is 0 Å². The summed E-state index contributed by atoms with van der Waals surface area (Å²) < 4.78 is 10.2. The fraction of sp³-hybridized carbons (Fsp3) is 0.143. The lowest BCUT2D eigenvalue weighted by molar-refractivity contribution is 0.112. The van der Waals surface area contributed by atoms with Crippen molar-refractivity contribution in [2.24, 2.45) is 0 Å². The third kappa shape index (κ3) is 2.32. The molecule has 2 aromatic rings. The standard InChI is InChI=1S/C14H13NO3/c1-17-12-3-4-13(11(7-12)9-16)10-5-6-15-14(8-10)18-2/h3-9H,1-2H3. The first kappa shape index (κ1) is 12.1. The number of hydrogen-bond acceptors (Lipinski definition) is 4. The zero-order chi connectivity index (χ0) is 13.0. The number of carbonyl (C=O) groups is 1. The molecule has 18 heavy (non-hydrogen) atoms. The average Bonchev–Trinajstić information content (AvgIpc) is 2.46. The maximum Gasteiger partial charge on any atom is 0.213 e. The van der Waals surface area contributed by atoms with Gasteiger partial charge in [-0.15, -0.1) is 0 Å². The molecule has 0 radical (unpaired) electrons. The van der Waals surface area contributed by atoms with E-state index in [1.165, 1.54) is 0 Å². The van der Waals surface area contributed by atoms with Crippen LogP contribution >= 0.6 is 0 Å². The number of nitrogens with zero attached hydrogens (tertiary/aromatic N) is 1. The molecule has 1 aromatic carbocycles. The van der Waals surface area contributed by atoms with Crippen LogP contribution in [-0.4, -0.2) is 25.5 Å². The second-order valence-electron chi connectivity index (χ2n) is 3.66. The zero-order valence-corrected chi connectivity index (χ0v) is 10.2. The van der Waals surface area contributed by atoms with E-state index >= 15 is 0 Å². The topological polar surface area (TPSA) is 48.4 Å². The van der Waals surface area contributed by atoms with E-state index in [4.69, 9.17) is 9.47 Å². The van der Waals surface area contributed by atoms with E-state index in [0.29, 0.717) is 17.2 Å². The normalized spacial score (nSPS) is 9.89. The van der Waals surface area contributed by atoms with Gasteiger partial charge < -0.3 is 9.47 Å².